The Kier molecular flexibility index (Phi) is 3.93. The molecule has 0 aliphatic heterocycles. The highest BCUT2D eigenvalue weighted by Gasteiger charge is 2.12. The molecule has 18 heavy (non-hydrogen) atoms. The van der Waals surface area contributed by atoms with Crippen molar-refractivity contribution in [2.24, 2.45) is 7.05 Å². The van der Waals surface area contributed by atoms with E-state index in [4.69, 9.17) is 11.6 Å². The molecule has 2 aromatic rings. The van der Waals surface area contributed by atoms with E-state index in [0.29, 0.717) is 15.9 Å². The Bertz CT molecular complexity index is 585. The predicted octanol–water partition coefficient (Wildman–Crippen LogP) is 1.56. The summed E-state index contributed by atoms with van der Waals surface area (Å²) in [5.74, 6) is 0.214. The standard InChI is InChI=1S/C10H9BrClN5O/c1-17-5-15-8(16-17)4-14-10(18)7-2-6(11)3-13-9(7)12/h2-3,5H,4H2,1H3,(H,14,18). The number of carbonyl (C=O) groups excluding carboxylic acids is 1. The molecule has 0 radical (unpaired) electrons. The van der Waals surface area contributed by atoms with Gasteiger partial charge >= 0.3 is 0 Å². The number of aromatic nitrogens is 4. The topological polar surface area (TPSA) is 72.7 Å². The van der Waals surface area contributed by atoms with Crippen LogP contribution in [0.3, 0.4) is 0 Å². The minimum absolute atomic E-state index is 0.157. The normalized spacial score (nSPS) is 10.4. The number of rotatable bonds is 3. The Morgan fingerprint density at radius 2 is 2.33 bits per heavy atom. The van der Waals surface area contributed by atoms with Crippen molar-refractivity contribution in [3.63, 3.8) is 0 Å². The van der Waals surface area contributed by atoms with Crippen molar-refractivity contribution in [1.29, 1.82) is 0 Å². The first-order valence-electron chi connectivity index (χ1n) is 5.00. The fourth-order valence-corrected chi connectivity index (χ4v) is 1.82. The lowest BCUT2D eigenvalue weighted by Crippen LogP contribution is -2.24. The van der Waals surface area contributed by atoms with E-state index in [1.54, 1.807) is 24.1 Å². The number of hydrogen-bond donors (Lipinski definition) is 1. The van der Waals surface area contributed by atoms with Crippen LogP contribution in [0.4, 0.5) is 0 Å². The molecule has 0 unspecified atom stereocenters. The van der Waals surface area contributed by atoms with Crippen molar-refractivity contribution >= 4 is 33.4 Å². The van der Waals surface area contributed by atoms with E-state index < -0.39 is 0 Å². The van der Waals surface area contributed by atoms with Gasteiger partial charge in [-0.3, -0.25) is 9.48 Å². The summed E-state index contributed by atoms with van der Waals surface area (Å²) in [4.78, 5) is 19.8. The van der Waals surface area contributed by atoms with Gasteiger partial charge in [0.05, 0.1) is 12.1 Å². The third-order valence-electron chi connectivity index (χ3n) is 2.10. The third-order valence-corrected chi connectivity index (χ3v) is 2.84. The lowest BCUT2D eigenvalue weighted by atomic mass is 10.2. The molecule has 1 N–H and O–H groups in total. The van der Waals surface area contributed by atoms with E-state index in [9.17, 15) is 4.79 Å². The molecule has 0 aromatic carbocycles. The summed E-state index contributed by atoms with van der Waals surface area (Å²) in [7, 11) is 1.76. The van der Waals surface area contributed by atoms with E-state index in [1.165, 1.54) is 6.20 Å². The van der Waals surface area contributed by atoms with Crippen LogP contribution in [0.1, 0.15) is 16.2 Å². The Labute approximate surface area is 117 Å². The van der Waals surface area contributed by atoms with E-state index in [2.05, 4.69) is 36.3 Å². The van der Waals surface area contributed by atoms with Crippen molar-refractivity contribution in [2.45, 2.75) is 6.54 Å². The van der Waals surface area contributed by atoms with Gasteiger partial charge in [-0.1, -0.05) is 11.6 Å². The average Bonchev–Trinajstić information content (AvgIpc) is 2.75. The van der Waals surface area contributed by atoms with Crippen LogP contribution in [0.25, 0.3) is 0 Å². The van der Waals surface area contributed by atoms with Crippen LogP contribution in [0.5, 0.6) is 0 Å². The van der Waals surface area contributed by atoms with E-state index >= 15 is 0 Å². The maximum atomic E-state index is 11.9. The number of aryl methyl sites for hydroxylation is 1. The first kappa shape index (κ1) is 13.0. The summed E-state index contributed by atoms with van der Waals surface area (Å²) in [5, 5.41) is 6.88. The van der Waals surface area contributed by atoms with Crippen LogP contribution in [-0.2, 0) is 13.6 Å². The second-order valence-electron chi connectivity index (χ2n) is 3.51. The molecule has 2 heterocycles. The molecule has 0 aliphatic carbocycles. The van der Waals surface area contributed by atoms with Gasteiger partial charge < -0.3 is 5.32 Å². The fraction of sp³-hybridized carbons (Fsp3) is 0.200. The Hall–Kier alpha value is -1.47. The van der Waals surface area contributed by atoms with Gasteiger partial charge in [0.15, 0.2) is 5.82 Å². The minimum atomic E-state index is -0.318. The maximum Gasteiger partial charge on any atom is 0.254 e. The van der Waals surface area contributed by atoms with Crippen molar-refractivity contribution < 1.29 is 4.79 Å². The Balaban J connectivity index is 2.05. The van der Waals surface area contributed by atoms with Crippen molar-refractivity contribution in [3.8, 4) is 0 Å². The lowest BCUT2D eigenvalue weighted by molar-refractivity contribution is 0.0949. The highest BCUT2D eigenvalue weighted by Crippen LogP contribution is 2.17. The molecule has 1 amide bonds. The second-order valence-corrected chi connectivity index (χ2v) is 4.78. The quantitative estimate of drug-likeness (QED) is 0.867. The molecular formula is C10H9BrClN5O. The Morgan fingerprint density at radius 1 is 1.56 bits per heavy atom. The van der Waals surface area contributed by atoms with Gasteiger partial charge in [-0.15, -0.1) is 0 Å². The second kappa shape index (κ2) is 5.45. The summed E-state index contributed by atoms with van der Waals surface area (Å²) in [6, 6.07) is 1.61. The number of nitrogens with zero attached hydrogens (tertiary/aromatic N) is 4. The molecule has 8 heteroatoms. The largest absolute Gasteiger partial charge is 0.345 e. The number of nitrogens with one attached hydrogen (secondary N) is 1. The summed E-state index contributed by atoms with van der Waals surface area (Å²) in [6.07, 6.45) is 3.09. The molecule has 0 atom stereocenters. The van der Waals surface area contributed by atoms with Crippen molar-refractivity contribution in [1.82, 2.24) is 25.1 Å². The van der Waals surface area contributed by atoms with Crippen LogP contribution in [0, 0.1) is 0 Å². The Morgan fingerprint density at radius 3 is 3.00 bits per heavy atom. The van der Waals surface area contributed by atoms with Gasteiger partial charge in [0, 0.05) is 17.7 Å². The highest BCUT2D eigenvalue weighted by atomic mass is 79.9. The van der Waals surface area contributed by atoms with Gasteiger partial charge in [0.2, 0.25) is 0 Å². The molecular weight excluding hydrogens is 322 g/mol. The molecule has 6 nitrogen and oxygen atoms in total. The lowest BCUT2D eigenvalue weighted by Gasteiger charge is -2.04. The first-order chi connectivity index (χ1) is 8.56. The molecule has 0 saturated heterocycles. The van der Waals surface area contributed by atoms with Gasteiger partial charge in [-0.25, -0.2) is 9.97 Å². The van der Waals surface area contributed by atoms with Crippen LogP contribution in [-0.4, -0.2) is 25.7 Å². The molecule has 0 spiro atoms. The van der Waals surface area contributed by atoms with Gasteiger partial charge in [-0.2, -0.15) is 5.10 Å². The van der Waals surface area contributed by atoms with Gasteiger partial charge in [0.25, 0.3) is 5.91 Å². The molecule has 0 saturated carbocycles. The van der Waals surface area contributed by atoms with E-state index in [-0.39, 0.29) is 17.6 Å². The zero-order valence-electron chi connectivity index (χ0n) is 9.39. The SMILES string of the molecule is Cn1cnc(CNC(=O)c2cc(Br)cnc2Cl)n1. The van der Waals surface area contributed by atoms with Crippen molar-refractivity contribution in [2.75, 3.05) is 0 Å². The number of carbonyl (C=O) groups is 1. The molecule has 0 aliphatic rings. The molecule has 0 fully saturated rings. The van der Waals surface area contributed by atoms with Gasteiger partial charge in [-0.05, 0) is 22.0 Å². The highest BCUT2D eigenvalue weighted by molar-refractivity contribution is 9.10. The average molecular weight is 331 g/mol. The summed E-state index contributed by atoms with van der Waals surface area (Å²) >= 11 is 9.08. The fourth-order valence-electron chi connectivity index (χ4n) is 1.30. The minimum Gasteiger partial charge on any atom is -0.345 e. The van der Waals surface area contributed by atoms with E-state index in [0.717, 1.165) is 0 Å². The molecule has 0 bridgehead atoms. The third kappa shape index (κ3) is 3.05. The number of hydrogen-bond acceptors (Lipinski definition) is 4. The summed E-state index contributed by atoms with van der Waals surface area (Å²) in [5.41, 5.74) is 0.307. The molecule has 2 aromatic heterocycles. The molecule has 2 rings (SSSR count). The maximum absolute atomic E-state index is 11.9. The van der Waals surface area contributed by atoms with E-state index in [1.807, 2.05) is 0 Å². The zero-order chi connectivity index (χ0) is 13.1. The number of amides is 1. The summed E-state index contributed by atoms with van der Waals surface area (Å²) in [6.45, 7) is 0.239. The number of pyridine rings is 1. The molecule has 94 valence electrons. The first-order valence-corrected chi connectivity index (χ1v) is 6.17. The van der Waals surface area contributed by atoms with Crippen LogP contribution in [0.2, 0.25) is 5.15 Å². The van der Waals surface area contributed by atoms with Crippen LogP contribution < -0.4 is 5.32 Å². The van der Waals surface area contributed by atoms with Crippen molar-refractivity contribution in [3.05, 3.63) is 39.6 Å². The smallest absolute Gasteiger partial charge is 0.254 e. The number of halogens is 2. The van der Waals surface area contributed by atoms with Crippen LogP contribution >= 0.6 is 27.5 Å². The monoisotopic (exact) mass is 329 g/mol. The summed E-state index contributed by atoms with van der Waals surface area (Å²) < 4.78 is 2.25. The predicted molar refractivity (Wildman–Crippen MR) is 69.1 cm³/mol. The zero-order valence-corrected chi connectivity index (χ0v) is 11.7. The van der Waals surface area contributed by atoms with Crippen LogP contribution in [0.15, 0.2) is 23.1 Å². The van der Waals surface area contributed by atoms with Gasteiger partial charge in [0.1, 0.15) is 11.5 Å².